The predicted octanol–water partition coefficient (Wildman–Crippen LogP) is 3.55. The molecule has 0 amide bonds. The minimum absolute atomic E-state index is 0.165. The summed E-state index contributed by atoms with van der Waals surface area (Å²) >= 11 is 0. The first-order valence-electron chi connectivity index (χ1n) is 10.0. The second kappa shape index (κ2) is 7.92. The summed E-state index contributed by atoms with van der Waals surface area (Å²) in [5.74, 6) is -0.298. The molecule has 0 aliphatic carbocycles. The van der Waals surface area contributed by atoms with Gasteiger partial charge in [-0.25, -0.2) is 18.7 Å². The largest absolute Gasteiger partial charge is 0.352 e. The van der Waals surface area contributed by atoms with Crippen LogP contribution in [0.5, 0.6) is 0 Å². The van der Waals surface area contributed by atoms with Gasteiger partial charge in [0.05, 0.1) is 11.7 Å². The smallest absolute Gasteiger partial charge is 0.166 e. The van der Waals surface area contributed by atoms with Gasteiger partial charge in [-0.1, -0.05) is 24.3 Å². The number of hydrogen-bond donors (Lipinski definition) is 2. The monoisotopic (exact) mass is 421 g/mol. The maximum absolute atomic E-state index is 14.0. The number of rotatable bonds is 4. The van der Waals surface area contributed by atoms with Gasteiger partial charge in [-0.15, -0.1) is 0 Å². The van der Waals surface area contributed by atoms with Gasteiger partial charge in [0.25, 0.3) is 0 Å². The molecule has 0 radical (unpaired) electrons. The topological polar surface area (TPSA) is 76.7 Å². The lowest BCUT2D eigenvalue weighted by molar-refractivity contribution is 0.312. The van der Waals surface area contributed by atoms with Crippen LogP contribution in [0.4, 0.5) is 14.6 Å². The second-order valence-corrected chi connectivity index (χ2v) is 7.58. The van der Waals surface area contributed by atoms with Gasteiger partial charge in [-0.2, -0.15) is 5.10 Å². The molecule has 1 fully saturated rings. The summed E-state index contributed by atoms with van der Waals surface area (Å²) < 4.78 is 27.4. The molecule has 0 bridgehead atoms. The number of aromatic nitrogens is 5. The Labute approximate surface area is 177 Å². The van der Waals surface area contributed by atoms with Crippen LogP contribution in [0.3, 0.4) is 0 Å². The Morgan fingerprint density at radius 2 is 1.84 bits per heavy atom. The molecule has 5 rings (SSSR count). The quantitative estimate of drug-likeness (QED) is 0.527. The zero-order valence-electron chi connectivity index (χ0n) is 16.9. The predicted molar refractivity (Wildman–Crippen MR) is 116 cm³/mol. The summed E-state index contributed by atoms with van der Waals surface area (Å²) in [6.07, 6.45) is 6.60. The van der Waals surface area contributed by atoms with E-state index in [1.54, 1.807) is 18.5 Å². The van der Waals surface area contributed by atoms with Gasteiger partial charge in [0.1, 0.15) is 11.2 Å². The first-order chi connectivity index (χ1) is 15.1. The molecule has 0 atom stereocenters. The van der Waals surface area contributed by atoms with Crippen LogP contribution in [0.15, 0.2) is 36.7 Å². The summed E-state index contributed by atoms with van der Waals surface area (Å²) in [5.41, 5.74) is 3.20. The second-order valence-electron chi connectivity index (χ2n) is 7.58. The van der Waals surface area contributed by atoms with E-state index in [2.05, 4.69) is 37.0 Å². The average Bonchev–Trinajstić information content (AvgIpc) is 3.41. The maximum atomic E-state index is 14.0. The van der Waals surface area contributed by atoms with E-state index in [0.717, 1.165) is 49.1 Å². The molecule has 4 heterocycles. The highest BCUT2D eigenvalue weighted by molar-refractivity contribution is 5.89. The molecule has 3 aromatic heterocycles. The van der Waals surface area contributed by atoms with Crippen LogP contribution < -0.4 is 4.90 Å². The fraction of sp³-hybridized carbons (Fsp3) is 0.227. The number of nitrogens with one attached hydrogen (secondary N) is 2. The number of benzene rings is 1. The molecule has 7 nitrogen and oxygen atoms in total. The summed E-state index contributed by atoms with van der Waals surface area (Å²) in [6, 6.07) is 5.97. The lowest BCUT2D eigenvalue weighted by Crippen LogP contribution is -2.44. The lowest BCUT2D eigenvalue weighted by atomic mass is 10.1. The Morgan fingerprint density at radius 1 is 1.03 bits per heavy atom. The molecule has 0 unspecified atom stereocenters. The van der Waals surface area contributed by atoms with E-state index in [0.29, 0.717) is 17.1 Å². The first kappa shape index (κ1) is 19.4. The van der Waals surface area contributed by atoms with Crippen LogP contribution >= 0.6 is 0 Å². The minimum Gasteiger partial charge on any atom is -0.352 e. The third kappa shape index (κ3) is 3.68. The highest BCUT2D eigenvalue weighted by Crippen LogP contribution is 2.28. The molecule has 4 aromatic rings. The van der Waals surface area contributed by atoms with Crippen molar-refractivity contribution in [3.05, 3.63) is 59.4 Å². The molecule has 158 valence electrons. The van der Waals surface area contributed by atoms with E-state index in [-0.39, 0.29) is 5.56 Å². The van der Waals surface area contributed by atoms with Gasteiger partial charge in [0, 0.05) is 43.5 Å². The summed E-state index contributed by atoms with van der Waals surface area (Å²) in [6.45, 7) is 3.73. The van der Waals surface area contributed by atoms with Gasteiger partial charge >= 0.3 is 0 Å². The Balaban J connectivity index is 1.49. The molecule has 9 heteroatoms. The van der Waals surface area contributed by atoms with Crippen molar-refractivity contribution in [2.45, 2.75) is 0 Å². The van der Waals surface area contributed by atoms with E-state index in [1.807, 2.05) is 6.07 Å². The van der Waals surface area contributed by atoms with E-state index >= 15 is 0 Å². The SMILES string of the molecule is CN1CCN(c2nccc3[nH]c(-c4[nH]ncc4C=Cc4cccc(F)c4F)nc23)CC1. The number of hydrogen-bond acceptors (Lipinski definition) is 5. The Bertz CT molecular complexity index is 1250. The van der Waals surface area contributed by atoms with Crippen LogP contribution in [0.2, 0.25) is 0 Å². The molecular weight excluding hydrogens is 400 g/mol. The Hall–Kier alpha value is -3.59. The molecule has 1 saturated heterocycles. The van der Waals surface area contributed by atoms with Crippen LogP contribution in [-0.2, 0) is 0 Å². The molecule has 31 heavy (non-hydrogen) atoms. The van der Waals surface area contributed by atoms with E-state index in [9.17, 15) is 8.78 Å². The van der Waals surface area contributed by atoms with Crippen LogP contribution in [0, 0.1) is 11.6 Å². The molecule has 0 spiro atoms. The zero-order valence-corrected chi connectivity index (χ0v) is 16.9. The number of H-pyrrole nitrogens is 2. The van der Waals surface area contributed by atoms with Crippen molar-refractivity contribution in [3.63, 3.8) is 0 Å². The lowest BCUT2D eigenvalue weighted by Gasteiger charge is -2.33. The summed E-state index contributed by atoms with van der Waals surface area (Å²) in [7, 11) is 2.11. The fourth-order valence-electron chi connectivity index (χ4n) is 3.73. The number of nitrogens with zero attached hydrogens (tertiary/aromatic N) is 5. The van der Waals surface area contributed by atoms with E-state index in [1.165, 1.54) is 18.2 Å². The van der Waals surface area contributed by atoms with E-state index in [4.69, 9.17) is 4.98 Å². The Morgan fingerprint density at radius 3 is 2.68 bits per heavy atom. The van der Waals surface area contributed by atoms with Gasteiger partial charge < -0.3 is 14.8 Å². The molecule has 1 aliphatic heterocycles. The minimum atomic E-state index is -0.879. The number of imidazole rings is 1. The molecule has 1 aromatic carbocycles. The number of aromatic amines is 2. The fourth-order valence-corrected chi connectivity index (χ4v) is 3.73. The zero-order chi connectivity index (χ0) is 21.4. The molecule has 1 aliphatic rings. The number of anilines is 1. The molecular formula is C22H21F2N7. The Kier molecular flexibility index (Phi) is 4.95. The highest BCUT2D eigenvalue weighted by Gasteiger charge is 2.20. The van der Waals surface area contributed by atoms with Crippen molar-refractivity contribution in [3.8, 4) is 11.5 Å². The normalized spacial score (nSPS) is 15.4. The van der Waals surface area contributed by atoms with Crippen LogP contribution in [-0.4, -0.2) is 63.3 Å². The highest BCUT2D eigenvalue weighted by atomic mass is 19.2. The van der Waals surface area contributed by atoms with Gasteiger partial charge in [0.15, 0.2) is 23.3 Å². The summed E-state index contributed by atoms with van der Waals surface area (Å²) in [4.78, 5) is 17.2. The third-order valence-corrected chi connectivity index (χ3v) is 5.51. The average molecular weight is 421 g/mol. The van der Waals surface area contributed by atoms with Crippen molar-refractivity contribution >= 4 is 29.0 Å². The number of likely N-dealkylation sites (N-methyl/N-ethyl adjacent to an activating group) is 1. The number of piperazine rings is 1. The van der Waals surface area contributed by atoms with Gasteiger partial charge in [-0.05, 0) is 19.2 Å². The van der Waals surface area contributed by atoms with Crippen LogP contribution in [0.25, 0.3) is 34.7 Å². The van der Waals surface area contributed by atoms with Crippen molar-refractivity contribution in [2.75, 3.05) is 38.1 Å². The molecule has 2 N–H and O–H groups in total. The number of pyridine rings is 1. The maximum Gasteiger partial charge on any atom is 0.166 e. The third-order valence-electron chi connectivity index (χ3n) is 5.51. The van der Waals surface area contributed by atoms with Gasteiger partial charge in [0.2, 0.25) is 0 Å². The molecule has 0 saturated carbocycles. The number of halogens is 2. The van der Waals surface area contributed by atoms with Crippen LogP contribution in [0.1, 0.15) is 11.1 Å². The van der Waals surface area contributed by atoms with Crippen molar-refractivity contribution in [1.29, 1.82) is 0 Å². The van der Waals surface area contributed by atoms with Crippen molar-refractivity contribution < 1.29 is 8.78 Å². The van der Waals surface area contributed by atoms with Gasteiger partial charge in [-0.3, -0.25) is 5.10 Å². The van der Waals surface area contributed by atoms with E-state index < -0.39 is 11.6 Å². The van der Waals surface area contributed by atoms with Crippen molar-refractivity contribution in [1.82, 2.24) is 30.0 Å². The number of fused-ring (bicyclic) bond motifs is 1. The van der Waals surface area contributed by atoms with Crippen molar-refractivity contribution in [2.24, 2.45) is 0 Å². The standard InChI is InChI=1S/C22H21F2N7/c1-30-9-11-31(12-10-30)22-20-17(7-8-25-22)27-21(28-20)19-15(13-26-29-19)6-5-14-3-2-4-16(23)18(14)24/h2-8,13H,9-12H2,1H3,(H,26,29)(H,27,28). The summed E-state index contributed by atoms with van der Waals surface area (Å²) in [5, 5.41) is 7.05. The first-order valence-corrected chi connectivity index (χ1v) is 10.0.